The normalized spacial score (nSPS) is 24.7. The molecule has 4 atom stereocenters. The van der Waals surface area contributed by atoms with Crippen LogP contribution < -0.4 is 10.2 Å². The fourth-order valence-electron chi connectivity index (χ4n) is 5.37. The number of benzene rings is 3. The maximum Gasteiger partial charge on any atom is 0.327 e. The van der Waals surface area contributed by atoms with Crippen molar-refractivity contribution in [2.24, 2.45) is 11.8 Å². The largest absolute Gasteiger partial charge is 0.480 e. The fraction of sp³-hybridized carbons (Fsp3) is 0.200. The van der Waals surface area contributed by atoms with Gasteiger partial charge in [-0.2, -0.15) is 0 Å². The lowest BCUT2D eigenvalue weighted by atomic mass is 9.79. The second-order valence-corrected chi connectivity index (χ2v) is 9.59. The van der Waals surface area contributed by atoms with E-state index in [0.29, 0.717) is 11.1 Å². The van der Waals surface area contributed by atoms with E-state index in [2.05, 4.69) is 5.32 Å². The van der Waals surface area contributed by atoms with Gasteiger partial charge in [-0.1, -0.05) is 66.7 Å². The third kappa shape index (κ3) is 4.13. The van der Waals surface area contributed by atoms with Gasteiger partial charge in [0.05, 0.1) is 24.1 Å². The summed E-state index contributed by atoms with van der Waals surface area (Å²) < 4.78 is 0. The van der Waals surface area contributed by atoms with Crippen molar-refractivity contribution in [2.75, 3.05) is 11.5 Å². The van der Waals surface area contributed by atoms with Crippen molar-refractivity contribution in [3.8, 4) is 0 Å². The van der Waals surface area contributed by atoms with Gasteiger partial charge in [-0.05, 0) is 47.9 Å². The highest BCUT2D eigenvalue weighted by molar-refractivity contribution is 6.24. The topological polar surface area (TPSA) is 124 Å². The molecule has 4 unspecified atom stereocenters. The van der Waals surface area contributed by atoms with E-state index in [-0.39, 0.29) is 11.5 Å². The molecule has 3 aromatic rings. The minimum absolute atomic E-state index is 0.163. The second kappa shape index (κ2) is 9.81. The van der Waals surface area contributed by atoms with Gasteiger partial charge in [0.2, 0.25) is 11.8 Å². The average molecular weight is 511 g/mol. The number of aliphatic carboxylic acids is 1. The van der Waals surface area contributed by atoms with E-state index in [4.69, 9.17) is 0 Å². The van der Waals surface area contributed by atoms with Gasteiger partial charge in [-0.15, -0.1) is 0 Å². The summed E-state index contributed by atoms with van der Waals surface area (Å²) in [7, 11) is 0. The Labute approximate surface area is 219 Å². The first-order valence-corrected chi connectivity index (χ1v) is 12.2. The quantitative estimate of drug-likeness (QED) is 0.253. The molecule has 8 nitrogen and oxygen atoms in total. The van der Waals surface area contributed by atoms with Gasteiger partial charge >= 0.3 is 5.97 Å². The first-order chi connectivity index (χ1) is 18.3. The average Bonchev–Trinajstić information content (AvgIpc) is 3.42. The first-order valence-electron chi connectivity index (χ1n) is 12.2. The Morgan fingerprint density at radius 2 is 1.50 bits per heavy atom. The van der Waals surface area contributed by atoms with Crippen molar-refractivity contribution in [2.45, 2.75) is 18.5 Å². The van der Waals surface area contributed by atoms with Crippen LogP contribution in [0.2, 0.25) is 0 Å². The summed E-state index contributed by atoms with van der Waals surface area (Å²) in [5.41, 5.74) is 1.21. The number of fused-ring (bicyclic) bond motifs is 1. The van der Waals surface area contributed by atoms with E-state index < -0.39 is 47.8 Å². The lowest BCUT2D eigenvalue weighted by molar-refractivity contribution is -0.150. The number of carboxylic acids is 1. The van der Waals surface area contributed by atoms with Gasteiger partial charge in [-0.3, -0.25) is 24.5 Å². The van der Waals surface area contributed by atoms with E-state index >= 15 is 0 Å². The van der Waals surface area contributed by atoms with E-state index in [1.54, 1.807) is 12.1 Å². The summed E-state index contributed by atoms with van der Waals surface area (Å²) in [6.45, 7) is 0.543. The number of hydrogen-bond acceptors (Lipinski definition) is 6. The zero-order valence-electron chi connectivity index (χ0n) is 20.6. The molecule has 0 aromatic heterocycles. The molecular weight excluding hydrogens is 484 g/mol. The molecule has 8 heteroatoms. The van der Waals surface area contributed by atoms with E-state index in [1.165, 1.54) is 31.2 Å². The van der Waals surface area contributed by atoms with Gasteiger partial charge < -0.3 is 10.2 Å². The number of Topliss-reactive ketones (excluding diaryl/α,β-unsaturated/α-hetero) is 1. The van der Waals surface area contributed by atoms with Crippen LogP contribution in [0.15, 0.2) is 78.9 Å². The van der Waals surface area contributed by atoms with Gasteiger partial charge in [0.1, 0.15) is 0 Å². The Hall–Kier alpha value is -4.40. The Kier molecular flexibility index (Phi) is 6.52. The summed E-state index contributed by atoms with van der Waals surface area (Å²) in [6.07, 6.45) is 3.91. The zero-order valence-corrected chi connectivity index (χ0v) is 20.6. The SMILES string of the molecule is CC(=O)c1ccc(N2C(=O)C3C(c4ccc(/C=C/c5ccccc5)cc4)NC(CO)(C(=O)O)C3C2=O)cc1. The number of carbonyl (C=O) groups is 4. The van der Waals surface area contributed by atoms with Crippen molar-refractivity contribution in [1.29, 1.82) is 0 Å². The molecule has 2 saturated heterocycles. The summed E-state index contributed by atoms with van der Waals surface area (Å²) in [5.74, 6) is -5.18. The molecule has 2 fully saturated rings. The summed E-state index contributed by atoms with van der Waals surface area (Å²) in [6, 6.07) is 22.3. The minimum Gasteiger partial charge on any atom is -0.480 e. The zero-order chi connectivity index (χ0) is 27.0. The predicted molar refractivity (Wildman–Crippen MR) is 141 cm³/mol. The number of amides is 2. The highest BCUT2D eigenvalue weighted by atomic mass is 16.4. The Morgan fingerprint density at radius 1 is 0.895 bits per heavy atom. The molecule has 0 aliphatic carbocycles. The molecule has 2 aliphatic rings. The van der Waals surface area contributed by atoms with E-state index in [1.807, 2.05) is 54.6 Å². The van der Waals surface area contributed by atoms with Gasteiger partial charge in [0, 0.05) is 11.6 Å². The molecular formula is C30H26N2O6. The van der Waals surface area contributed by atoms with Crippen molar-refractivity contribution < 1.29 is 29.4 Å². The van der Waals surface area contributed by atoms with Crippen LogP contribution in [0.5, 0.6) is 0 Å². The van der Waals surface area contributed by atoms with Crippen LogP contribution in [-0.2, 0) is 14.4 Å². The molecule has 0 saturated carbocycles. The molecule has 2 heterocycles. The minimum atomic E-state index is -2.03. The smallest absolute Gasteiger partial charge is 0.327 e. The molecule has 0 spiro atoms. The lowest BCUT2D eigenvalue weighted by Gasteiger charge is -2.29. The highest BCUT2D eigenvalue weighted by Gasteiger charge is 2.68. The van der Waals surface area contributed by atoms with Crippen LogP contribution in [-0.4, -0.2) is 45.9 Å². The Morgan fingerprint density at radius 3 is 2.05 bits per heavy atom. The van der Waals surface area contributed by atoms with Crippen molar-refractivity contribution >= 4 is 41.4 Å². The number of carboxylic acid groups (broad SMARTS) is 1. The third-order valence-electron chi connectivity index (χ3n) is 7.38. The van der Waals surface area contributed by atoms with Gasteiger partial charge in [0.25, 0.3) is 0 Å². The predicted octanol–water partition coefficient (Wildman–Crippen LogP) is 3.33. The van der Waals surface area contributed by atoms with Crippen LogP contribution in [0.3, 0.4) is 0 Å². The van der Waals surface area contributed by atoms with E-state index in [0.717, 1.165) is 16.0 Å². The molecule has 2 aliphatic heterocycles. The molecule has 2 amide bonds. The van der Waals surface area contributed by atoms with Crippen LogP contribution in [0, 0.1) is 11.8 Å². The number of aliphatic hydroxyl groups excluding tert-OH is 1. The highest BCUT2D eigenvalue weighted by Crippen LogP contribution is 2.49. The summed E-state index contributed by atoms with van der Waals surface area (Å²) >= 11 is 0. The fourth-order valence-corrected chi connectivity index (χ4v) is 5.37. The number of rotatable bonds is 7. The molecule has 3 N–H and O–H groups in total. The molecule has 0 bridgehead atoms. The summed E-state index contributed by atoms with van der Waals surface area (Å²) in [5, 5.41) is 23.2. The maximum absolute atomic E-state index is 13.7. The first kappa shape index (κ1) is 25.3. The molecule has 192 valence electrons. The standard InChI is InChI=1S/C30H26N2O6/c1-18(34)21-13-15-23(16-14-21)32-27(35)24-25(28(32)36)30(17-33,29(37)38)31-26(24)22-11-9-20(10-12-22)8-7-19-5-3-2-4-6-19/h2-16,24-26,31,33H,17H2,1H3,(H,37,38)/b8-7+. The monoisotopic (exact) mass is 510 g/mol. The third-order valence-corrected chi connectivity index (χ3v) is 7.38. The number of nitrogens with one attached hydrogen (secondary N) is 1. The number of anilines is 1. The second-order valence-electron chi connectivity index (χ2n) is 9.59. The molecule has 5 rings (SSSR count). The summed E-state index contributed by atoms with van der Waals surface area (Å²) in [4.78, 5) is 52.3. The van der Waals surface area contributed by atoms with E-state index in [9.17, 15) is 29.4 Å². The molecule has 0 radical (unpaired) electrons. The number of ketones is 1. The Bertz CT molecular complexity index is 1430. The number of imide groups is 1. The lowest BCUT2D eigenvalue weighted by Crippen LogP contribution is -2.58. The van der Waals surface area contributed by atoms with Crippen LogP contribution in [0.4, 0.5) is 5.69 Å². The number of aliphatic hydroxyl groups is 1. The maximum atomic E-state index is 13.7. The van der Waals surface area contributed by atoms with Crippen LogP contribution >= 0.6 is 0 Å². The molecule has 3 aromatic carbocycles. The van der Waals surface area contributed by atoms with Gasteiger partial charge in [-0.25, -0.2) is 4.90 Å². The number of carbonyl (C=O) groups excluding carboxylic acids is 3. The van der Waals surface area contributed by atoms with Crippen LogP contribution in [0.1, 0.15) is 40.0 Å². The van der Waals surface area contributed by atoms with Crippen LogP contribution in [0.25, 0.3) is 12.2 Å². The van der Waals surface area contributed by atoms with Crippen molar-refractivity contribution in [3.63, 3.8) is 0 Å². The van der Waals surface area contributed by atoms with Gasteiger partial charge in [0.15, 0.2) is 11.3 Å². The number of nitrogens with zero attached hydrogens (tertiary/aromatic N) is 1. The number of hydrogen-bond donors (Lipinski definition) is 3. The Balaban J connectivity index is 1.49. The molecule has 38 heavy (non-hydrogen) atoms. The van der Waals surface area contributed by atoms with Crippen molar-refractivity contribution in [1.82, 2.24) is 5.32 Å². The van der Waals surface area contributed by atoms with Crippen molar-refractivity contribution in [3.05, 3.63) is 101 Å².